The van der Waals surface area contributed by atoms with E-state index in [1.54, 1.807) is 6.92 Å². The molecular weight excluding hydrogens is 454 g/mol. The van der Waals surface area contributed by atoms with E-state index >= 15 is 0 Å². The number of carbonyl (C=O) groups excluding carboxylic acids is 3. The lowest BCUT2D eigenvalue weighted by Gasteiger charge is -2.39. The first-order valence-corrected chi connectivity index (χ1v) is 12.0. The molecule has 4 rings (SSSR count). The number of rotatable bonds is 6. The van der Waals surface area contributed by atoms with E-state index in [0.29, 0.717) is 46.9 Å². The third-order valence-electron chi connectivity index (χ3n) is 6.32. The number of esters is 2. The van der Waals surface area contributed by atoms with Crippen LogP contribution < -0.4 is 10.1 Å². The van der Waals surface area contributed by atoms with Gasteiger partial charge in [0.05, 0.1) is 32.3 Å². The maximum absolute atomic E-state index is 14.1. The SMILES string of the molecule is CCOc1ccccc1[C@@H]1C(C(=O)OC)=C(C)NC2=C1C(=O)[C@H](C(=O)OC)[C@@H](c1cccs1)C2. The van der Waals surface area contributed by atoms with Gasteiger partial charge in [0.15, 0.2) is 5.78 Å². The van der Waals surface area contributed by atoms with Crippen LogP contribution in [0.2, 0.25) is 0 Å². The molecule has 3 atom stereocenters. The number of carbonyl (C=O) groups is 3. The Morgan fingerprint density at radius 2 is 1.88 bits per heavy atom. The highest BCUT2D eigenvalue weighted by atomic mass is 32.1. The summed E-state index contributed by atoms with van der Waals surface area (Å²) in [6, 6.07) is 11.2. The molecule has 2 aliphatic rings. The van der Waals surface area contributed by atoms with Gasteiger partial charge in [-0.1, -0.05) is 24.3 Å². The van der Waals surface area contributed by atoms with Crippen molar-refractivity contribution < 1.29 is 28.6 Å². The number of dihydropyridines is 1. The number of allylic oxidation sites excluding steroid dienone is 3. The Kier molecular flexibility index (Phi) is 6.88. The largest absolute Gasteiger partial charge is 0.494 e. The summed E-state index contributed by atoms with van der Waals surface area (Å²) in [6.07, 6.45) is 0.431. The van der Waals surface area contributed by atoms with E-state index in [-0.39, 0.29) is 11.7 Å². The normalized spacial score (nSPS) is 22.1. The lowest BCUT2D eigenvalue weighted by atomic mass is 9.68. The third kappa shape index (κ3) is 4.03. The standard InChI is InChI=1S/C26H27NO6S/c1-5-33-18-10-7-6-9-15(18)21-20(25(29)31-3)14(2)27-17-13-16(19-11-8-12-34-19)22(26(30)32-4)24(28)23(17)21/h6-12,16,21-22,27H,5,13H2,1-4H3/t16-,21-,22-/m1/s1. The van der Waals surface area contributed by atoms with E-state index in [4.69, 9.17) is 14.2 Å². The van der Waals surface area contributed by atoms with Gasteiger partial charge in [-0.25, -0.2) is 4.79 Å². The second-order valence-electron chi connectivity index (χ2n) is 8.14. The Labute approximate surface area is 202 Å². The van der Waals surface area contributed by atoms with Crippen LogP contribution in [0.5, 0.6) is 5.75 Å². The number of benzene rings is 1. The molecule has 1 aromatic heterocycles. The lowest BCUT2D eigenvalue weighted by molar-refractivity contribution is -0.149. The van der Waals surface area contributed by atoms with Crippen LogP contribution in [0.25, 0.3) is 0 Å². The number of hydrogen-bond donors (Lipinski definition) is 1. The van der Waals surface area contributed by atoms with Crippen molar-refractivity contribution in [1.82, 2.24) is 5.32 Å². The van der Waals surface area contributed by atoms with E-state index in [1.807, 2.05) is 48.7 Å². The monoisotopic (exact) mass is 481 g/mol. The van der Waals surface area contributed by atoms with Gasteiger partial charge < -0.3 is 19.5 Å². The quantitative estimate of drug-likeness (QED) is 0.491. The maximum Gasteiger partial charge on any atom is 0.336 e. The molecule has 8 heteroatoms. The fourth-order valence-corrected chi connectivity index (χ4v) is 5.76. The van der Waals surface area contributed by atoms with Crippen molar-refractivity contribution in [2.24, 2.45) is 5.92 Å². The molecule has 0 spiro atoms. The Bertz CT molecular complexity index is 1180. The molecule has 1 aromatic carbocycles. The molecule has 0 saturated heterocycles. The van der Waals surface area contributed by atoms with Gasteiger partial charge in [0.1, 0.15) is 11.7 Å². The number of ether oxygens (including phenoxy) is 3. The predicted molar refractivity (Wildman–Crippen MR) is 127 cm³/mol. The summed E-state index contributed by atoms with van der Waals surface area (Å²) in [5, 5.41) is 5.21. The molecule has 34 heavy (non-hydrogen) atoms. The minimum Gasteiger partial charge on any atom is -0.494 e. The van der Waals surface area contributed by atoms with E-state index in [9.17, 15) is 14.4 Å². The highest BCUT2D eigenvalue weighted by Gasteiger charge is 2.49. The molecule has 1 N–H and O–H groups in total. The number of thiophene rings is 1. The third-order valence-corrected chi connectivity index (χ3v) is 7.32. The van der Waals surface area contributed by atoms with Crippen LogP contribution in [0.15, 0.2) is 64.3 Å². The van der Waals surface area contributed by atoms with Crippen LogP contribution in [0.4, 0.5) is 0 Å². The smallest absolute Gasteiger partial charge is 0.336 e. The van der Waals surface area contributed by atoms with Crippen molar-refractivity contribution in [1.29, 1.82) is 0 Å². The Balaban J connectivity index is 1.94. The lowest BCUT2D eigenvalue weighted by Crippen LogP contribution is -2.43. The number of nitrogens with one attached hydrogen (secondary N) is 1. The van der Waals surface area contributed by atoms with Gasteiger partial charge in [0.2, 0.25) is 0 Å². The summed E-state index contributed by atoms with van der Waals surface area (Å²) in [7, 11) is 2.60. The minimum absolute atomic E-state index is 0.319. The van der Waals surface area contributed by atoms with Crippen LogP contribution >= 0.6 is 11.3 Å². The summed E-state index contributed by atoms with van der Waals surface area (Å²) in [5.74, 6) is -3.03. The summed E-state index contributed by atoms with van der Waals surface area (Å²) in [6.45, 7) is 4.09. The van der Waals surface area contributed by atoms with Crippen LogP contribution in [-0.4, -0.2) is 38.5 Å². The van der Waals surface area contributed by atoms with Crippen molar-refractivity contribution in [3.05, 3.63) is 74.8 Å². The summed E-state index contributed by atoms with van der Waals surface area (Å²) < 4.78 is 16.0. The van der Waals surface area contributed by atoms with Crippen molar-refractivity contribution in [3.63, 3.8) is 0 Å². The van der Waals surface area contributed by atoms with Crippen LogP contribution in [-0.2, 0) is 23.9 Å². The van der Waals surface area contributed by atoms with Crippen molar-refractivity contribution in [2.75, 3.05) is 20.8 Å². The second kappa shape index (κ2) is 9.85. The van der Waals surface area contributed by atoms with Crippen molar-refractivity contribution in [3.8, 4) is 5.75 Å². The number of Topliss-reactive ketones (excluding diaryl/α,β-unsaturated/α-hetero) is 1. The van der Waals surface area contributed by atoms with Gasteiger partial charge in [-0.3, -0.25) is 9.59 Å². The van der Waals surface area contributed by atoms with Gasteiger partial charge in [0, 0.05) is 33.3 Å². The van der Waals surface area contributed by atoms with Crippen molar-refractivity contribution >= 4 is 29.1 Å². The first kappa shape index (κ1) is 23.8. The average molecular weight is 482 g/mol. The molecule has 0 unspecified atom stereocenters. The molecule has 178 valence electrons. The molecule has 1 aliphatic carbocycles. The second-order valence-corrected chi connectivity index (χ2v) is 9.12. The van der Waals surface area contributed by atoms with Crippen LogP contribution in [0.1, 0.15) is 42.5 Å². The number of ketones is 1. The first-order chi connectivity index (χ1) is 16.4. The highest BCUT2D eigenvalue weighted by Crippen LogP contribution is 2.50. The zero-order valence-corrected chi connectivity index (χ0v) is 20.4. The van der Waals surface area contributed by atoms with Crippen LogP contribution in [0, 0.1) is 5.92 Å². The number of hydrogen-bond acceptors (Lipinski definition) is 8. The number of methoxy groups -OCH3 is 2. The average Bonchev–Trinajstić information content (AvgIpc) is 3.38. The molecule has 0 bridgehead atoms. The molecule has 0 amide bonds. The summed E-state index contributed by atoms with van der Waals surface area (Å²) in [4.78, 5) is 40.9. The Hall–Kier alpha value is -3.39. The van der Waals surface area contributed by atoms with Crippen LogP contribution in [0.3, 0.4) is 0 Å². The Morgan fingerprint density at radius 1 is 1.12 bits per heavy atom. The van der Waals surface area contributed by atoms with E-state index < -0.39 is 23.8 Å². The molecule has 0 radical (unpaired) electrons. The molecule has 1 aliphatic heterocycles. The summed E-state index contributed by atoms with van der Waals surface area (Å²) >= 11 is 1.50. The zero-order chi connectivity index (χ0) is 24.4. The van der Waals surface area contributed by atoms with E-state index in [2.05, 4.69) is 5.32 Å². The number of para-hydroxylation sites is 1. The highest BCUT2D eigenvalue weighted by molar-refractivity contribution is 7.10. The fourth-order valence-electron chi connectivity index (χ4n) is 4.90. The minimum atomic E-state index is -1.01. The van der Waals surface area contributed by atoms with Gasteiger partial charge in [-0.15, -0.1) is 11.3 Å². The van der Waals surface area contributed by atoms with Crippen molar-refractivity contribution in [2.45, 2.75) is 32.1 Å². The Morgan fingerprint density at radius 3 is 2.53 bits per heavy atom. The summed E-state index contributed by atoms with van der Waals surface area (Å²) in [5.41, 5.74) is 2.67. The van der Waals surface area contributed by atoms with Gasteiger partial charge in [-0.05, 0) is 37.8 Å². The topological polar surface area (TPSA) is 90.9 Å². The first-order valence-electron chi connectivity index (χ1n) is 11.1. The molecule has 0 saturated carbocycles. The molecule has 7 nitrogen and oxygen atoms in total. The van der Waals surface area contributed by atoms with Gasteiger partial charge in [-0.2, -0.15) is 0 Å². The zero-order valence-electron chi connectivity index (χ0n) is 19.5. The van der Waals surface area contributed by atoms with Gasteiger partial charge >= 0.3 is 11.9 Å². The fraction of sp³-hybridized carbons (Fsp3) is 0.346. The van der Waals surface area contributed by atoms with Gasteiger partial charge in [0.25, 0.3) is 0 Å². The predicted octanol–water partition coefficient (Wildman–Crippen LogP) is 4.08. The molecular formula is C26H27NO6S. The van der Waals surface area contributed by atoms with E-state index in [0.717, 1.165) is 4.88 Å². The molecule has 2 aromatic rings. The maximum atomic E-state index is 14.1. The molecule has 2 heterocycles. The molecule has 0 fully saturated rings. The van der Waals surface area contributed by atoms with E-state index in [1.165, 1.54) is 25.6 Å².